The lowest BCUT2D eigenvalue weighted by Gasteiger charge is -2.27. The fraction of sp³-hybridized carbons (Fsp3) is 0.469. The van der Waals surface area contributed by atoms with Crippen molar-refractivity contribution in [3.63, 3.8) is 0 Å². The Morgan fingerprint density at radius 2 is 2.09 bits per heavy atom. The lowest BCUT2D eigenvalue weighted by Crippen LogP contribution is -2.36. The lowest BCUT2D eigenvalue weighted by molar-refractivity contribution is -0.125. The molecule has 10 nitrogen and oxygen atoms in total. The van der Waals surface area contributed by atoms with Crippen LogP contribution in [0.5, 0.6) is 6.01 Å². The normalized spacial score (nSPS) is 23.1. The highest BCUT2D eigenvalue weighted by atomic mass is 35.5. The first-order chi connectivity index (χ1) is 21.1. The van der Waals surface area contributed by atoms with Gasteiger partial charge in [-0.2, -0.15) is 15.1 Å². The molecule has 3 fully saturated rings. The van der Waals surface area contributed by atoms with Crippen LogP contribution in [0.4, 0.5) is 10.2 Å². The van der Waals surface area contributed by atoms with Gasteiger partial charge in [-0.3, -0.25) is 19.8 Å². The molecule has 1 N–H and O–H groups in total. The number of methoxy groups -OCH3 is 1. The number of carbonyl (C=O) groups excluding carboxylic acids is 1. The number of rotatable bonds is 5. The Morgan fingerprint density at radius 1 is 1.27 bits per heavy atom. The van der Waals surface area contributed by atoms with Gasteiger partial charge in [0.1, 0.15) is 22.7 Å². The van der Waals surface area contributed by atoms with E-state index < -0.39 is 5.82 Å². The zero-order valence-corrected chi connectivity index (χ0v) is 26.4. The van der Waals surface area contributed by atoms with Crippen molar-refractivity contribution in [1.29, 1.82) is 0 Å². The molecule has 0 radical (unpaired) electrons. The number of pyridine rings is 1. The average molecular weight is 621 g/mol. The van der Waals surface area contributed by atoms with Gasteiger partial charge < -0.3 is 14.5 Å². The van der Waals surface area contributed by atoms with E-state index in [0.717, 1.165) is 12.3 Å². The zero-order chi connectivity index (χ0) is 31.2. The summed E-state index contributed by atoms with van der Waals surface area (Å²) in [4.78, 5) is 31.4. The topological polar surface area (TPSA) is 103 Å². The van der Waals surface area contributed by atoms with Crippen LogP contribution in [-0.4, -0.2) is 92.8 Å². The van der Waals surface area contributed by atoms with E-state index in [1.165, 1.54) is 51.7 Å². The molecular weight excluding hydrogens is 583 g/mol. The number of likely N-dealkylation sites (N-methyl/N-ethyl adjacent to an activating group) is 1. The van der Waals surface area contributed by atoms with E-state index in [9.17, 15) is 4.79 Å². The van der Waals surface area contributed by atoms with E-state index >= 15 is 4.39 Å². The molecule has 3 aliphatic heterocycles. The second-order valence-corrected chi connectivity index (χ2v) is 12.8. The largest absolute Gasteiger partial charge is 0.467 e. The van der Waals surface area contributed by atoms with Crippen molar-refractivity contribution in [1.82, 2.24) is 34.9 Å². The number of aromatic nitrogens is 5. The van der Waals surface area contributed by atoms with E-state index in [2.05, 4.69) is 50.5 Å². The molecule has 1 amide bonds. The molecule has 3 atom stereocenters. The van der Waals surface area contributed by atoms with Gasteiger partial charge in [-0.05, 0) is 63.3 Å². The van der Waals surface area contributed by atoms with E-state index in [0.29, 0.717) is 51.5 Å². The molecule has 0 spiro atoms. The Bertz CT molecular complexity index is 1730. The predicted octanol–water partition coefficient (Wildman–Crippen LogP) is 5.47. The van der Waals surface area contributed by atoms with Crippen molar-refractivity contribution in [2.24, 2.45) is 5.92 Å². The van der Waals surface area contributed by atoms with E-state index in [1.807, 2.05) is 11.9 Å². The number of nitrogens with zero attached hydrogens (tertiary/aromatic N) is 7. The Hall–Kier alpha value is -3.83. The maximum Gasteiger partial charge on any atom is 0.318 e. The number of hydrogen-bond donors (Lipinski definition) is 1. The van der Waals surface area contributed by atoms with Crippen LogP contribution in [0, 0.1) is 11.7 Å². The second-order valence-electron chi connectivity index (χ2n) is 12.3. The van der Waals surface area contributed by atoms with Crippen LogP contribution in [0.15, 0.2) is 37.1 Å². The monoisotopic (exact) mass is 620 g/mol. The van der Waals surface area contributed by atoms with Crippen LogP contribution >= 0.6 is 11.6 Å². The van der Waals surface area contributed by atoms with E-state index in [-0.39, 0.29) is 29.2 Å². The summed E-state index contributed by atoms with van der Waals surface area (Å²) in [5.74, 6) is 0.632. The number of ether oxygens (including phenoxy) is 1. The number of hydrogen-bond acceptors (Lipinski definition) is 8. The molecule has 0 saturated carbocycles. The van der Waals surface area contributed by atoms with Crippen LogP contribution < -0.4 is 9.64 Å². The van der Waals surface area contributed by atoms with Crippen molar-refractivity contribution in [3.8, 4) is 17.4 Å². The molecule has 3 unspecified atom stereocenters. The minimum atomic E-state index is -0.656. The third-order valence-corrected chi connectivity index (χ3v) is 9.66. The van der Waals surface area contributed by atoms with Crippen molar-refractivity contribution >= 4 is 45.1 Å². The number of anilines is 1. The molecular formula is C32H38ClFN8O2. The van der Waals surface area contributed by atoms with Gasteiger partial charge in [0, 0.05) is 49.8 Å². The number of fused-ring (bicyclic) bond motifs is 3. The number of likely N-dealkylation sites (tertiary alicyclic amines) is 1. The summed E-state index contributed by atoms with van der Waals surface area (Å²) in [5.41, 5.74) is 1.65. The Morgan fingerprint density at radius 3 is 2.84 bits per heavy atom. The summed E-state index contributed by atoms with van der Waals surface area (Å²) < 4.78 is 21.1. The lowest BCUT2D eigenvalue weighted by atomic mass is 9.93. The van der Waals surface area contributed by atoms with Gasteiger partial charge in [-0.25, -0.2) is 4.39 Å². The minimum Gasteiger partial charge on any atom is -0.467 e. The van der Waals surface area contributed by atoms with E-state index in [4.69, 9.17) is 16.3 Å². The number of H-pyrrole nitrogens is 1. The molecule has 3 aromatic heterocycles. The molecule has 0 bridgehead atoms. The molecule has 0 aliphatic carbocycles. The highest BCUT2D eigenvalue weighted by molar-refractivity contribution is 6.36. The van der Waals surface area contributed by atoms with Crippen molar-refractivity contribution in [2.75, 3.05) is 45.2 Å². The summed E-state index contributed by atoms with van der Waals surface area (Å²) in [5, 5.41) is 8.54. The molecule has 4 aromatic rings. The van der Waals surface area contributed by atoms with Crippen LogP contribution in [0.2, 0.25) is 5.02 Å². The first-order valence-corrected chi connectivity index (χ1v) is 15.4. The maximum atomic E-state index is 15.9. The van der Waals surface area contributed by atoms with Crippen molar-refractivity contribution < 1.29 is 13.9 Å². The fourth-order valence-electron chi connectivity index (χ4n) is 7.12. The molecule has 3 aliphatic rings. The first kappa shape index (κ1) is 30.2. The van der Waals surface area contributed by atoms with Crippen LogP contribution in [-0.2, 0) is 4.79 Å². The number of benzene rings is 1. The molecule has 6 heterocycles. The first-order valence-electron chi connectivity index (χ1n) is 15.1. The molecule has 3 saturated heterocycles. The number of aromatic amines is 1. The van der Waals surface area contributed by atoms with Crippen molar-refractivity contribution in [3.05, 3.63) is 47.9 Å². The molecule has 232 valence electrons. The van der Waals surface area contributed by atoms with Gasteiger partial charge >= 0.3 is 6.01 Å². The summed E-state index contributed by atoms with van der Waals surface area (Å²) >= 11 is 6.36. The maximum absolute atomic E-state index is 15.9. The SMILES string of the molecule is C=CC(=O)N1CCC(N(C)c2nc(OC)nc3c(F)c(-c4n[nH]c5cccc(Cl)c45)ncc23)C1.CC1CN2CCCC2(C)C1. The average Bonchev–Trinajstić information content (AvgIpc) is 3.80. The fourth-order valence-corrected chi connectivity index (χ4v) is 7.39. The van der Waals surface area contributed by atoms with Crippen molar-refractivity contribution in [2.45, 2.75) is 51.1 Å². The summed E-state index contributed by atoms with van der Waals surface area (Å²) in [6, 6.07) is 5.29. The summed E-state index contributed by atoms with van der Waals surface area (Å²) in [7, 11) is 3.27. The summed E-state index contributed by atoms with van der Waals surface area (Å²) in [6.07, 6.45) is 7.87. The number of halogens is 2. The molecule has 1 aromatic carbocycles. The van der Waals surface area contributed by atoms with Gasteiger partial charge in [-0.15, -0.1) is 0 Å². The predicted molar refractivity (Wildman–Crippen MR) is 171 cm³/mol. The van der Waals surface area contributed by atoms with Gasteiger partial charge in [0.2, 0.25) is 5.91 Å². The standard InChI is InChI=1S/C23H21ClFN7O2.C9H17N/c1-4-16(33)32-9-8-12(11-32)31(2)22-13-10-26-21(18(25)19(13)27-23(28-22)34-3)20-17-14(24)6-5-7-15(17)29-30-20;1-8-6-9(2)4-3-5-10(9)7-8/h4-7,10,12H,1,8-9,11H2,2-3H3,(H,29,30);8H,3-7H2,1-2H3. The Kier molecular flexibility index (Phi) is 8.19. The molecule has 7 rings (SSSR count). The highest BCUT2D eigenvalue weighted by Gasteiger charge is 2.42. The van der Waals surface area contributed by atoms with Crippen LogP contribution in [0.3, 0.4) is 0 Å². The third-order valence-electron chi connectivity index (χ3n) is 9.35. The second kappa shape index (κ2) is 11.9. The van der Waals surface area contributed by atoms with Gasteiger partial charge in [0.05, 0.1) is 23.0 Å². The number of carbonyl (C=O) groups is 1. The number of amides is 1. The Labute approximate surface area is 261 Å². The molecule has 12 heteroatoms. The van der Waals surface area contributed by atoms with Crippen LogP contribution in [0.25, 0.3) is 33.2 Å². The third kappa shape index (κ3) is 5.36. The number of nitrogens with one attached hydrogen (secondary N) is 1. The quantitative estimate of drug-likeness (QED) is 0.293. The Balaban J connectivity index is 0.000000289. The summed E-state index contributed by atoms with van der Waals surface area (Å²) in [6.45, 7) is 12.2. The highest BCUT2D eigenvalue weighted by Crippen LogP contribution is 2.40. The van der Waals surface area contributed by atoms with Gasteiger partial charge in [-0.1, -0.05) is 31.2 Å². The molecule has 44 heavy (non-hydrogen) atoms. The van der Waals surface area contributed by atoms with Gasteiger partial charge in [0.25, 0.3) is 0 Å². The van der Waals surface area contributed by atoms with Crippen LogP contribution in [0.1, 0.15) is 39.5 Å². The minimum absolute atomic E-state index is 0.0184. The van der Waals surface area contributed by atoms with E-state index in [1.54, 1.807) is 23.1 Å². The smallest absolute Gasteiger partial charge is 0.318 e. The zero-order valence-electron chi connectivity index (χ0n) is 25.6. The van der Waals surface area contributed by atoms with Gasteiger partial charge in [0.15, 0.2) is 5.82 Å².